The van der Waals surface area contributed by atoms with E-state index in [-0.39, 0.29) is 5.82 Å². The second kappa shape index (κ2) is 4.22. The molecule has 3 aromatic rings. The molecule has 0 spiro atoms. The Bertz CT molecular complexity index is 719. The number of rotatable bonds is 1. The molecule has 0 radical (unpaired) electrons. The fourth-order valence-electron chi connectivity index (χ4n) is 2.16. The fourth-order valence-corrected chi connectivity index (χ4v) is 2.16. The molecule has 0 bridgehead atoms. The fraction of sp³-hybridized carbons (Fsp3) is 0.0625. The van der Waals surface area contributed by atoms with Crippen molar-refractivity contribution in [1.29, 1.82) is 0 Å². The quantitative estimate of drug-likeness (QED) is 0.613. The normalized spacial score (nSPS) is 10.8. The maximum absolute atomic E-state index is 13.3. The minimum absolute atomic E-state index is 0.207. The maximum Gasteiger partial charge on any atom is 0.123 e. The third-order valence-corrected chi connectivity index (χ3v) is 3.15. The standard InChI is InChI=1S/C16H12FN/c1-11-2-5-15(17)9-16(11)13-4-3-12-6-7-18-10-14(12)8-13/h2-10H,1H3. The molecule has 0 fully saturated rings. The molecule has 2 heteroatoms. The van der Waals surface area contributed by atoms with Gasteiger partial charge < -0.3 is 0 Å². The Kier molecular flexibility index (Phi) is 2.56. The topological polar surface area (TPSA) is 12.9 Å². The van der Waals surface area contributed by atoms with Crippen molar-refractivity contribution < 1.29 is 4.39 Å². The van der Waals surface area contributed by atoms with Crippen LogP contribution in [-0.4, -0.2) is 4.98 Å². The van der Waals surface area contributed by atoms with Gasteiger partial charge in [-0.05, 0) is 53.3 Å². The van der Waals surface area contributed by atoms with E-state index in [1.54, 1.807) is 18.3 Å². The van der Waals surface area contributed by atoms with Gasteiger partial charge in [-0.3, -0.25) is 4.98 Å². The molecule has 1 aromatic heterocycles. The van der Waals surface area contributed by atoms with Gasteiger partial charge in [-0.1, -0.05) is 18.2 Å². The SMILES string of the molecule is Cc1ccc(F)cc1-c1ccc2ccncc2c1. The van der Waals surface area contributed by atoms with Crippen LogP contribution < -0.4 is 0 Å². The van der Waals surface area contributed by atoms with Gasteiger partial charge in [0.05, 0.1) is 0 Å². The third kappa shape index (κ3) is 1.86. The smallest absolute Gasteiger partial charge is 0.123 e. The molecule has 0 saturated heterocycles. The molecule has 0 amide bonds. The van der Waals surface area contributed by atoms with Crippen molar-refractivity contribution in [3.8, 4) is 11.1 Å². The highest BCUT2D eigenvalue weighted by Crippen LogP contribution is 2.27. The van der Waals surface area contributed by atoms with Gasteiger partial charge >= 0.3 is 0 Å². The Morgan fingerprint density at radius 2 is 1.83 bits per heavy atom. The molecule has 2 aromatic carbocycles. The lowest BCUT2D eigenvalue weighted by atomic mass is 9.98. The van der Waals surface area contributed by atoms with E-state index < -0.39 is 0 Å². The van der Waals surface area contributed by atoms with Crippen molar-refractivity contribution >= 4 is 10.8 Å². The maximum atomic E-state index is 13.3. The number of pyridine rings is 1. The van der Waals surface area contributed by atoms with E-state index in [0.717, 1.165) is 27.5 Å². The molecule has 18 heavy (non-hydrogen) atoms. The Balaban J connectivity index is 2.22. The van der Waals surface area contributed by atoms with Gasteiger partial charge in [0.2, 0.25) is 0 Å². The summed E-state index contributed by atoms with van der Waals surface area (Å²) < 4.78 is 13.3. The van der Waals surface area contributed by atoms with E-state index in [4.69, 9.17) is 0 Å². The summed E-state index contributed by atoms with van der Waals surface area (Å²) in [6, 6.07) is 12.9. The molecular formula is C16H12FN. The second-order valence-electron chi connectivity index (χ2n) is 4.40. The molecule has 0 saturated carbocycles. The van der Waals surface area contributed by atoms with Gasteiger partial charge in [0, 0.05) is 17.8 Å². The molecule has 3 rings (SSSR count). The molecule has 0 aliphatic heterocycles. The number of hydrogen-bond donors (Lipinski definition) is 0. The summed E-state index contributed by atoms with van der Waals surface area (Å²) in [5.74, 6) is -0.207. The Morgan fingerprint density at radius 3 is 2.72 bits per heavy atom. The zero-order chi connectivity index (χ0) is 12.5. The molecule has 0 aliphatic rings. The van der Waals surface area contributed by atoms with Gasteiger partial charge in [0.15, 0.2) is 0 Å². The summed E-state index contributed by atoms with van der Waals surface area (Å²) in [6.45, 7) is 1.99. The van der Waals surface area contributed by atoms with Crippen LogP contribution in [0.25, 0.3) is 21.9 Å². The van der Waals surface area contributed by atoms with Crippen LogP contribution in [0.2, 0.25) is 0 Å². The highest BCUT2D eigenvalue weighted by atomic mass is 19.1. The van der Waals surface area contributed by atoms with Gasteiger partial charge in [-0.25, -0.2) is 4.39 Å². The molecule has 1 heterocycles. The predicted octanol–water partition coefficient (Wildman–Crippen LogP) is 4.35. The first kappa shape index (κ1) is 10.9. The minimum atomic E-state index is -0.207. The highest BCUT2D eigenvalue weighted by Gasteiger charge is 2.04. The van der Waals surface area contributed by atoms with Gasteiger partial charge in [0.1, 0.15) is 5.82 Å². The average Bonchev–Trinajstić information content (AvgIpc) is 2.41. The Labute approximate surface area is 105 Å². The molecule has 0 N–H and O–H groups in total. The lowest BCUT2D eigenvalue weighted by molar-refractivity contribution is 0.628. The van der Waals surface area contributed by atoms with Gasteiger partial charge in [-0.2, -0.15) is 0 Å². The van der Waals surface area contributed by atoms with Crippen LogP contribution in [0, 0.1) is 12.7 Å². The summed E-state index contributed by atoms with van der Waals surface area (Å²) >= 11 is 0. The van der Waals surface area contributed by atoms with E-state index in [1.807, 2.05) is 37.4 Å². The number of halogens is 1. The summed E-state index contributed by atoms with van der Waals surface area (Å²) in [7, 11) is 0. The zero-order valence-electron chi connectivity index (χ0n) is 10.0. The van der Waals surface area contributed by atoms with E-state index >= 15 is 0 Å². The number of aryl methyl sites for hydroxylation is 1. The van der Waals surface area contributed by atoms with Gasteiger partial charge in [0.25, 0.3) is 0 Å². The molecule has 0 atom stereocenters. The molecular weight excluding hydrogens is 225 g/mol. The molecule has 88 valence electrons. The van der Waals surface area contributed by atoms with Crippen molar-refractivity contribution in [2.24, 2.45) is 0 Å². The lowest BCUT2D eigenvalue weighted by Gasteiger charge is -2.07. The van der Waals surface area contributed by atoms with E-state index in [2.05, 4.69) is 4.98 Å². The number of aromatic nitrogens is 1. The number of fused-ring (bicyclic) bond motifs is 1. The first-order valence-electron chi connectivity index (χ1n) is 5.84. The first-order valence-corrected chi connectivity index (χ1v) is 5.84. The Morgan fingerprint density at radius 1 is 0.944 bits per heavy atom. The van der Waals surface area contributed by atoms with Crippen LogP contribution in [0.5, 0.6) is 0 Å². The van der Waals surface area contributed by atoms with Crippen LogP contribution in [0.3, 0.4) is 0 Å². The van der Waals surface area contributed by atoms with Crippen molar-refractivity contribution in [3.05, 3.63) is 66.2 Å². The van der Waals surface area contributed by atoms with Crippen molar-refractivity contribution in [2.45, 2.75) is 6.92 Å². The molecule has 0 unspecified atom stereocenters. The van der Waals surface area contributed by atoms with E-state index in [1.165, 1.54) is 6.07 Å². The second-order valence-corrected chi connectivity index (χ2v) is 4.40. The summed E-state index contributed by atoms with van der Waals surface area (Å²) in [5, 5.41) is 2.21. The molecule has 1 nitrogen and oxygen atoms in total. The van der Waals surface area contributed by atoms with Crippen molar-refractivity contribution in [3.63, 3.8) is 0 Å². The third-order valence-electron chi connectivity index (χ3n) is 3.15. The zero-order valence-corrected chi connectivity index (χ0v) is 10.0. The minimum Gasteiger partial charge on any atom is -0.264 e. The van der Waals surface area contributed by atoms with Crippen LogP contribution in [0.1, 0.15) is 5.56 Å². The van der Waals surface area contributed by atoms with Crippen LogP contribution >= 0.6 is 0 Å². The van der Waals surface area contributed by atoms with Crippen molar-refractivity contribution in [1.82, 2.24) is 4.98 Å². The van der Waals surface area contributed by atoms with E-state index in [0.29, 0.717) is 0 Å². The molecule has 0 aliphatic carbocycles. The summed E-state index contributed by atoms with van der Waals surface area (Å²) in [6.07, 6.45) is 3.60. The van der Waals surface area contributed by atoms with Gasteiger partial charge in [-0.15, -0.1) is 0 Å². The van der Waals surface area contributed by atoms with Crippen LogP contribution in [0.15, 0.2) is 54.9 Å². The highest BCUT2D eigenvalue weighted by molar-refractivity contribution is 5.87. The van der Waals surface area contributed by atoms with Crippen molar-refractivity contribution in [2.75, 3.05) is 0 Å². The van der Waals surface area contributed by atoms with E-state index in [9.17, 15) is 4.39 Å². The summed E-state index contributed by atoms with van der Waals surface area (Å²) in [4.78, 5) is 4.11. The van der Waals surface area contributed by atoms with Crippen LogP contribution in [-0.2, 0) is 0 Å². The number of hydrogen-bond acceptors (Lipinski definition) is 1. The Hall–Kier alpha value is -2.22. The van der Waals surface area contributed by atoms with Crippen LogP contribution in [0.4, 0.5) is 4.39 Å². The number of nitrogens with zero attached hydrogens (tertiary/aromatic N) is 1. The predicted molar refractivity (Wildman–Crippen MR) is 71.9 cm³/mol. The first-order chi connectivity index (χ1) is 8.74. The monoisotopic (exact) mass is 237 g/mol. The largest absolute Gasteiger partial charge is 0.264 e. The lowest BCUT2D eigenvalue weighted by Crippen LogP contribution is -1.86. The average molecular weight is 237 g/mol. The number of benzene rings is 2. The summed E-state index contributed by atoms with van der Waals surface area (Å²) in [5.41, 5.74) is 3.02.